The molecule has 0 spiro atoms. The lowest BCUT2D eigenvalue weighted by Crippen LogP contribution is -2.33. The molecule has 1 aliphatic carbocycles. The zero-order valence-electron chi connectivity index (χ0n) is 9.99. The normalized spacial score (nSPS) is 20.1. The van der Waals surface area contributed by atoms with E-state index in [1.54, 1.807) is 11.3 Å². The van der Waals surface area contributed by atoms with Gasteiger partial charge in [-0.3, -0.25) is 0 Å². The third kappa shape index (κ3) is 4.05. The van der Waals surface area contributed by atoms with E-state index in [-0.39, 0.29) is 12.6 Å². The highest BCUT2D eigenvalue weighted by Gasteiger charge is 2.18. The molecule has 1 aromatic rings. The molecule has 1 unspecified atom stereocenters. The van der Waals surface area contributed by atoms with Crippen LogP contribution in [0.3, 0.4) is 0 Å². The zero-order valence-corrected chi connectivity index (χ0v) is 12.4. The molecule has 1 heterocycles. The molecule has 1 atom stereocenters. The van der Waals surface area contributed by atoms with E-state index in [9.17, 15) is 5.11 Å². The number of aliphatic hydroxyl groups excluding tert-OH is 1. The van der Waals surface area contributed by atoms with Crippen molar-refractivity contribution in [3.8, 4) is 0 Å². The number of aliphatic hydroxyl groups is 1. The quantitative estimate of drug-likeness (QED) is 0.826. The van der Waals surface area contributed by atoms with Crippen LogP contribution >= 0.6 is 27.3 Å². The Labute approximate surface area is 116 Å². The van der Waals surface area contributed by atoms with Gasteiger partial charge in [-0.05, 0) is 34.8 Å². The number of hydrogen-bond acceptors (Lipinski definition) is 3. The zero-order chi connectivity index (χ0) is 12.1. The van der Waals surface area contributed by atoms with E-state index in [1.165, 1.54) is 43.4 Å². The van der Waals surface area contributed by atoms with E-state index in [0.717, 1.165) is 4.47 Å². The van der Waals surface area contributed by atoms with Crippen molar-refractivity contribution >= 4 is 27.3 Å². The molecule has 96 valence electrons. The SMILES string of the molecule is OCC(NC1CCCCCC1)c1cc(Br)cs1. The second-order valence-corrected chi connectivity index (χ2v) is 6.62. The highest BCUT2D eigenvalue weighted by Crippen LogP contribution is 2.27. The molecular formula is C13H20BrNOS. The topological polar surface area (TPSA) is 32.3 Å². The predicted octanol–water partition coefficient (Wildman–Crippen LogP) is 3.86. The first kappa shape index (κ1) is 13.5. The molecule has 2 N–H and O–H groups in total. The number of hydrogen-bond donors (Lipinski definition) is 2. The molecule has 4 heteroatoms. The van der Waals surface area contributed by atoms with Crippen molar-refractivity contribution in [2.24, 2.45) is 0 Å². The summed E-state index contributed by atoms with van der Waals surface area (Å²) in [4.78, 5) is 1.23. The Morgan fingerprint density at radius 2 is 2.06 bits per heavy atom. The van der Waals surface area contributed by atoms with Crippen LogP contribution in [0, 0.1) is 0 Å². The van der Waals surface area contributed by atoms with Crippen LogP contribution in [-0.2, 0) is 0 Å². The number of nitrogens with one attached hydrogen (secondary N) is 1. The summed E-state index contributed by atoms with van der Waals surface area (Å²) in [6.07, 6.45) is 7.89. The van der Waals surface area contributed by atoms with Crippen molar-refractivity contribution in [2.45, 2.75) is 50.6 Å². The summed E-state index contributed by atoms with van der Waals surface area (Å²) in [6, 6.07) is 2.79. The molecule has 1 aliphatic rings. The van der Waals surface area contributed by atoms with Gasteiger partial charge in [-0.1, -0.05) is 25.7 Å². The molecule has 0 bridgehead atoms. The van der Waals surface area contributed by atoms with E-state index < -0.39 is 0 Å². The van der Waals surface area contributed by atoms with Crippen LogP contribution in [0.4, 0.5) is 0 Å². The van der Waals surface area contributed by atoms with Gasteiger partial charge in [0.05, 0.1) is 12.6 Å². The smallest absolute Gasteiger partial charge is 0.0652 e. The molecule has 2 rings (SSSR count). The van der Waals surface area contributed by atoms with Crippen molar-refractivity contribution in [2.75, 3.05) is 6.61 Å². The lowest BCUT2D eigenvalue weighted by Gasteiger charge is -2.22. The molecule has 0 aliphatic heterocycles. The number of thiophene rings is 1. The minimum absolute atomic E-state index is 0.106. The van der Waals surface area contributed by atoms with Gasteiger partial charge in [-0.2, -0.15) is 0 Å². The second kappa shape index (κ2) is 6.88. The minimum Gasteiger partial charge on any atom is -0.394 e. The second-order valence-electron chi connectivity index (χ2n) is 4.76. The Hall–Kier alpha value is 0.1000. The molecule has 1 aromatic heterocycles. The number of halogens is 1. The summed E-state index contributed by atoms with van der Waals surface area (Å²) < 4.78 is 1.11. The summed E-state index contributed by atoms with van der Waals surface area (Å²) >= 11 is 5.17. The highest BCUT2D eigenvalue weighted by atomic mass is 79.9. The van der Waals surface area contributed by atoms with Crippen molar-refractivity contribution in [1.82, 2.24) is 5.32 Å². The standard InChI is InChI=1S/C13H20BrNOS/c14-10-7-13(17-9-10)12(8-16)15-11-5-3-1-2-4-6-11/h7,9,11-12,15-16H,1-6,8H2. The minimum atomic E-state index is 0.106. The molecule has 2 nitrogen and oxygen atoms in total. The van der Waals surface area contributed by atoms with Crippen LogP contribution < -0.4 is 5.32 Å². The average Bonchev–Trinajstić information content (AvgIpc) is 2.62. The highest BCUT2D eigenvalue weighted by molar-refractivity contribution is 9.10. The fourth-order valence-corrected chi connectivity index (χ4v) is 3.96. The largest absolute Gasteiger partial charge is 0.394 e. The monoisotopic (exact) mass is 317 g/mol. The lowest BCUT2D eigenvalue weighted by molar-refractivity contribution is 0.230. The van der Waals surface area contributed by atoms with Crippen LogP contribution in [0.1, 0.15) is 49.4 Å². The van der Waals surface area contributed by atoms with Gasteiger partial charge >= 0.3 is 0 Å². The molecular weight excluding hydrogens is 298 g/mol. The van der Waals surface area contributed by atoms with E-state index in [4.69, 9.17) is 0 Å². The first-order valence-corrected chi connectivity index (χ1v) is 8.07. The van der Waals surface area contributed by atoms with Gasteiger partial charge in [0, 0.05) is 20.8 Å². The summed E-state index contributed by atoms with van der Waals surface area (Å²) in [5.74, 6) is 0. The maximum atomic E-state index is 9.52. The molecule has 0 amide bonds. The van der Waals surface area contributed by atoms with Gasteiger partial charge in [0.2, 0.25) is 0 Å². The Morgan fingerprint density at radius 3 is 2.59 bits per heavy atom. The van der Waals surface area contributed by atoms with Crippen LogP contribution in [0.15, 0.2) is 15.9 Å². The maximum absolute atomic E-state index is 9.52. The van der Waals surface area contributed by atoms with E-state index in [2.05, 4.69) is 32.7 Å². The molecule has 0 aromatic carbocycles. The summed E-state index contributed by atoms with van der Waals surface area (Å²) in [5.41, 5.74) is 0. The molecule has 1 fully saturated rings. The van der Waals surface area contributed by atoms with E-state index in [0.29, 0.717) is 6.04 Å². The number of rotatable bonds is 4. The summed E-state index contributed by atoms with van der Waals surface area (Å²) in [6.45, 7) is 0.184. The van der Waals surface area contributed by atoms with Gasteiger partial charge in [-0.15, -0.1) is 11.3 Å². The van der Waals surface area contributed by atoms with E-state index in [1.807, 2.05) is 0 Å². The van der Waals surface area contributed by atoms with E-state index >= 15 is 0 Å². The lowest BCUT2D eigenvalue weighted by atomic mass is 10.1. The maximum Gasteiger partial charge on any atom is 0.0652 e. The van der Waals surface area contributed by atoms with Crippen LogP contribution in [0.2, 0.25) is 0 Å². The van der Waals surface area contributed by atoms with Gasteiger partial charge in [-0.25, -0.2) is 0 Å². The first-order chi connectivity index (χ1) is 8.29. The fraction of sp³-hybridized carbons (Fsp3) is 0.692. The Bertz CT molecular complexity index is 334. The van der Waals surface area contributed by atoms with Gasteiger partial charge in [0.25, 0.3) is 0 Å². The fourth-order valence-electron chi connectivity index (χ4n) is 2.47. The average molecular weight is 318 g/mol. The van der Waals surface area contributed by atoms with Gasteiger partial charge in [0.15, 0.2) is 0 Å². The van der Waals surface area contributed by atoms with Crippen LogP contribution in [0.25, 0.3) is 0 Å². The molecule has 0 saturated heterocycles. The Kier molecular flexibility index (Phi) is 5.48. The van der Waals surface area contributed by atoms with Crippen molar-refractivity contribution in [1.29, 1.82) is 0 Å². The predicted molar refractivity (Wildman–Crippen MR) is 76.5 cm³/mol. The first-order valence-electron chi connectivity index (χ1n) is 6.40. The van der Waals surface area contributed by atoms with Crippen molar-refractivity contribution in [3.05, 3.63) is 20.8 Å². The molecule has 17 heavy (non-hydrogen) atoms. The van der Waals surface area contributed by atoms with Crippen LogP contribution in [0.5, 0.6) is 0 Å². The third-order valence-electron chi connectivity index (χ3n) is 3.41. The summed E-state index contributed by atoms with van der Waals surface area (Å²) in [7, 11) is 0. The Balaban J connectivity index is 1.94. The Morgan fingerprint density at radius 1 is 1.35 bits per heavy atom. The molecule has 1 saturated carbocycles. The van der Waals surface area contributed by atoms with Gasteiger partial charge < -0.3 is 10.4 Å². The van der Waals surface area contributed by atoms with Crippen molar-refractivity contribution in [3.63, 3.8) is 0 Å². The van der Waals surface area contributed by atoms with Gasteiger partial charge in [0.1, 0.15) is 0 Å². The third-order valence-corrected chi connectivity index (χ3v) is 5.21. The molecule has 0 radical (unpaired) electrons. The van der Waals surface area contributed by atoms with Crippen molar-refractivity contribution < 1.29 is 5.11 Å². The summed E-state index contributed by atoms with van der Waals surface area (Å²) in [5, 5.41) is 15.2. The van der Waals surface area contributed by atoms with Crippen LogP contribution in [-0.4, -0.2) is 17.8 Å².